The number of rotatable bonds is 3. The molecular formula is C12H11BrN2O2S. The first-order valence-electron chi connectivity index (χ1n) is 5.19. The fraction of sp³-hybridized carbons (Fsp3) is 0.0833. The van der Waals surface area contributed by atoms with Gasteiger partial charge in [-0.3, -0.25) is 9.71 Å². The molecule has 0 unspecified atom stereocenters. The number of nitrogens with one attached hydrogen (secondary N) is 1. The van der Waals surface area contributed by atoms with Gasteiger partial charge in [0.15, 0.2) is 0 Å². The van der Waals surface area contributed by atoms with E-state index in [1.165, 1.54) is 0 Å². The zero-order valence-corrected chi connectivity index (χ0v) is 12.0. The summed E-state index contributed by atoms with van der Waals surface area (Å²) < 4.78 is 27.5. The summed E-state index contributed by atoms with van der Waals surface area (Å²) in [5.41, 5.74) is 1.12. The van der Waals surface area contributed by atoms with E-state index in [0.29, 0.717) is 15.9 Å². The Hall–Kier alpha value is -1.40. The molecule has 0 aliphatic rings. The Bertz CT molecular complexity index is 671. The number of hydrogen-bond donors (Lipinski definition) is 1. The van der Waals surface area contributed by atoms with Gasteiger partial charge in [-0.25, -0.2) is 8.42 Å². The molecule has 2 rings (SSSR count). The zero-order chi connectivity index (χ0) is 13.2. The quantitative estimate of drug-likeness (QED) is 0.943. The Morgan fingerprint density at radius 3 is 2.67 bits per heavy atom. The first-order chi connectivity index (χ1) is 8.49. The normalized spacial score (nSPS) is 11.2. The number of anilines is 1. The topological polar surface area (TPSA) is 59.1 Å². The highest BCUT2D eigenvalue weighted by Gasteiger charge is 2.15. The summed E-state index contributed by atoms with van der Waals surface area (Å²) in [6, 6.07) is 9.90. The van der Waals surface area contributed by atoms with Crippen molar-refractivity contribution >= 4 is 31.6 Å². The van der Waals surface area contributed by atoms with E-state index in [1.807, 2.05) is 0 Å². The zero-order valence-electron chi connectivity index (χ0n) is 9.59. The Kier molecular flexibility index (Phi) is 3.68. The molecule has 0 atom stereocenters. The van der Waals surface area contributed by atoms with Gasteiger partial charge in [0.25, 0.3) is 10.0 Å². The number of hydrogen-bond acceptors (Lipinski definition) is 3. The van der Waals surface area contributed by atoms with Gasteiger partial charge in [-0.15, -0.1) is 0 Å². The molecule has 0 aliphatic heterocycles. The Balaban J connectivity index is 2.37. The standard InChI is InChI=1S/C12H11BrN2O2S/c1-9-12(6-3-7-14-9)15-18(16,17)11-5-2-4-10(13)8-11/h2-8,15H,1H3. The molecule has 2 aromatic rings. The average molecular weight is 327 g/mol. The molecule has 0 saturated heterocycles. The molecule has 0 spiro atoms. The van der Waals surface area contributed by atoms with Crippen LogP contribution in [0, 0.1) is 6.92 Å². The van der Waals surface area contributed by atoms with Crippen LogP contribution in [0.1, 0.15) is 5.69 Å². The van der Waals surface area contributed by atoms with E-state index in [4.69, 9.17) is 0 Å². The van der Waals surface area contributed by atoms with Crippen LogP contribution in [0.15, 0.2) is 52.0 Å². The van der Waals surface area contributed by atoms with E-state index in [-0.39, 0.29) is 4.90 Å². The molecule has 18 heavy (non-hydrogen) atoms. The summed E-state index contributed by atoms with van der Waals surface area (Å²) in [7, 11) is -3.58. The summed E-state index contributed by atoms with van der Waals surface area (Å²) in [4.78, 5) is 4.25. The molecule has 0 amide bonds. The van der Waals surface area contributed by atoms with Gasteiger partial charge in [-0.05, 0) is 37.3 Å². The highest BCUT2D eigenvalue weighted by atomic mass is 79.9. The van der Waals surface area contributed by atoms with Crippen molar-refractivity contribution in [2.24, 2.45) is 0 Å². The van der Waals surface area contributed by atoms with Crippen LogP contribution in [0.5, 0.6) is 0 Å². The van der Waals surface area contributed by atoms with Crippen molar-refractivity contribution in [3.05, 3.63) is 52.8 Å². The Morgan fingerprint density at radius 2 is 2.00 bits per heavy atom. The van der Waals surface area contributed by atoms with Gasteiger partial charge in [-0.1, -0.05) is 22.0 Å². The molecular weight excluding hydrogens is 316 g/mol. The van der Waals surface area contributed by atoms with Crippen molar-refractivity contribution in [1.29, 1.82) is 0 Å². The monoisotopic (exact) mass is 326 g/mol. The van der Waals surface area contributed by atoms with Crippen LogP contribution in [0.25, 0.3) is 0 Å². The molecule has 6 heteroatoms. The molecule has 1 aromatic carbocycles. The number of aromatic nitrogens is 1. The largest absolute Gasteiger partial charge is 0.278 e. The summed E-state index contributed by atoms with van der Waals surface area (Å²) in [6.07, 6.45) is 1.62. The van der Waals surface area contributed by atoms with Gasteiger partial charge in [-0.2, -0.15) is 0 Å². The predicted octanol–water partition coefficient (Wildman–Crippen LogP) is 2.95. The van der Waals surface area contributed by atoms with E-state index in [9.17, 15) is 8.42 Å². The number of aryl methyl sites for hydroxylation is 1. The minimum absolute atomic E-state index is 0.208. The first kappa shape index (κ1) is 13.0. The Labute approximate surface area is 114 Å². The lowest BCUT2D eigenvalue weighted by Gasteiger charge is -2.09. The second-order valence-corrected chi connectivity index (χ2v) is 6.30. The number of halogens is 1. The van der Waals surface area contributed by atoms with Crippen LogP contribution in [0.2, 0.25) is 0 Å². The van der Waals surface area contributed by atoms with Gasteiger partial charge in [0.2, 0.25) is 0 Å². The fourth-order valence-electron chi connectivity index (χ4n) is 1.43. The predicted molar refractivity (Wildman–Crippen MR) is 73.9 cm³/mol. The van der Waals surface area contributed by atoms with E-state index in [1.54, 1.807) is 49.5 Å². The van der Waals surface area contributed by atoms with Gasteiger partial charge in [0, 0.05) is 10.7 Å². The highest BCUT2D eigenvalue weighted by molar-refractivity contribution is 9.10. The Morgan fingerprint density at radius 1 is 1.22 bits per heavy atom. The molecule has 0 fully saturated rings. The molecule has 0 radical (unpaired) electrons. The summed E-state index contributed by atoms with van der Waals surface area (Å²) >= 11 is 3.25. The summed E-state index contributed by atoms with van der Waals surface area (Å²) in [5, 5.41) is 0. The molecule has 1 N–H and O–H groups in total. The van der Waals surface area contributed by atoms with E-state index in [2.05, 4.69) is 25.6 Å². The van der Waals surface area contributed by atoms with E-state index < -0.39 is 10.0 Å². The lowest BCUT2D eigenvalue weighted by Crippen LogP contribution is -2.14. The van der Waals surface area contributed by atoms with Gasteiger partial charge in [0.1, 0.15) is 0 Å². The number of benzene rings is 1. The molecule has 1 heterocycles. The van der Waals surface area contributed by atoms with Gasteiger partial charge < -0.3 is 0 Å². The van der Waals surface area contributed by atoms with Crippen LogP contribution in [-0.2, 0) is 10.0 Å². The van der Waals surface area contributed by atoms with Crippen molar-refractivity contribution in [1.82, 2.24) is 4.98 Å². The lowest BCUT2D eigenvalue weighted by molar-refractivity contribution is 0.601. The fourth-order valence-corrected chi connectivity index (χ4v) is 3.14. The third-order valence-corrected chi connectivity index (χ3v) is 4.21. The van der Waals surface area contributed by atoms with Crippen molar-refractivity contribution in [2.45, 2.75) is 11.8 Å². The summed E-state index contributed by atoms with van der Waals surface area (Å²) in [5.74, 6) is 0. The SMILES string of the molecule is Cc1ncccc1NS(=O)(=O)c1cccc(Br)c1. The van der Waals surface area contributed by atoms with Crippen LogP contribution in [-0.4, -0.2) is 13.4 Å². The molecule has 1 aromatic heterocycles. The molecule has 4 nitrogen and oxygen atoms in total. The maximum atomic E-state index is 12.1. The van der Waals surface area contributed by atoms with Gasteiger partial charge >= 0.3 is 0 Å². The maximum absolute atomic E-state index is 12.1. The van der Waals surface area contributed by atoms with Crippen molar-refractivity contribution < 1.29 is 8.42 Å². The average Bonchev–Trinajstić information content (AvgIpc) is 2.32. The van der Waals surface area contributed by atoms with Crippen LogP contribution < -0.4 is 4.72 Å². The third-order valence-electron chi connectivity index (χ3n) is 2.36. The van der Waals surface area contributed by atoms with Crippen LogP contribution >= 0.6 is 15.9 Å². The molecule has 0 saturated carbocycles. The maximum Gasteiger partial charge on any atom is 0.261 e. The van der Waals surface area contributed by atoms with E-state index >= 15 is 0 Å². The third kappa shape index (κ3) is 2.88. The number of nitrogens with zero attached hydrogens (tertiary/aromatic N) is 1. The van der Waals surface area contributed by atoms with Crippen molar-refractivity contribution in [3.63, 3.8) is 0 Å². The molecule has 0 aliphatic carbocycles. The lowest BCUT2D eigenvalue weighted by atomic mass is 10.3. The van der Waals surface area contributed by atoms with Crippen LogP contribution in [0.4, 0.5) is 5.69 Å². The summed E-state index contributed by atoms with van der Waals surface area (Å²) in [6.45, 7) is 1.75. The van der Waals surface area contributed by atoms with Crippen molar-refractivity contribution in [3.8, 4) is 0 Å². The minimum Gasteiger partial charge on any atom is -0.278 e. The molecule has 0 bridgehead atoms. The highest BCUT2D eigenvalue weighted by Crippen LogP contribution is 2.20. The minimum atomic E-state index is -3.58. The molecule has 94 valence electrons. The van der Waals surface area contributed by atoms with E-state index in [0.717, 1.165) is 0 Å². The van der Waals surface area contributed by atoms with Crippen LogP contribution in [0.3, 0.4) is 0 Å². The smallest absolute Gasteiger partial charge is 0.261 e. The first-order valence-corrected chi connectivity index (χ1v) is 7.47. The van der Waals surface area contributed by atoms with Gasteiger partial charge in [0.05, 0.1) is 16.3 Å². The second-order valence-electron chi connectivity index (χ2n) is 3.70. The number of sulfonamides is 1. The second kappa shape index (κ2) is 5.07. The van der Waals surface area contributed by atoms with Crippen molar-refractivity contribution in [2.75, 3.05) is 4.72 Å². The number of pyridine rings is 1.